The van der Waals surface area contributed by atoms with Gasteiger partial charge >= 0.3 is 12.1 Å². The maximum absolute atomic E-state index is 12.4. The van der Waals surface area contributed by atoms with Crippen LogP contribution in [0.4, 0.5) is 4.79 Å². The molecule has 0 unspecified atom stereocenters. The first-order chi connectivity index (χ1) is 12.1. The molecule has 0 atom stereocenters. The van der Waals surface area contributed by atoms with Gasteiger partial charge in [-0.3, -0.25) is 4.57 Å². The van der Waals surface area contributed by atoms with Gasteiger partial charge in [0.15, 0.2) is 0 Å². The molecule has 1 heterocycles. The molecule has 0 aliphatic carbocycles. The van der Waals surface area contributed by atoms with Gasteiger partial charge in [0.1, 0.15) is 5.75 Å². The van der Waals surface area contributed by atoms with Gasteiger partial charge in [0.05, 0.1) is 24.8 Å². The van der Waals surface area contributed by atoms with Crippen molar-refractivity contribution in [2.24, 2.45) is 0 Å². The maximum Gasteiger partial charge on any atom is 0.418 e. The topological polar surface area (TPSA) is 77.8 Å². The Morgan fingerprint density at radius 2 is 1.88 bits per heavy atom. The lowest BCUT2D eigenvalue weighted by molar-refractivity contribution is 0.0699. The van der Waals surface area contributed by atoms with Crippen molar-refractivity contribution < 1.29 is 24.2 Å². The van der Waals surface area contributed by atoms with E-state index in [-0.39, 0.29) is 12.2 Å². The number of methoxy groups -OCH3 is 1. The van der Waals surface area contributed by atoms with Crippen LogP contribution in [0.2, 0.25) is 0 Å². The zero-order valence-corrected chi connectivity index (χ0v) is 13.6. The van der Waals surface area contributed by atoms with Crippen molar-refractivity contribution in [3.63, 3.8) is 0 Å². The molecule has 0 saturated carbocycles. The molecule has 3 rings (SSSR count). The fourth-order valence-electron chi connectivity index (χ4n) is 2.63. The lowest BCUT2D eigenvalue weighted by atomic mass is 10.2. The fraction of sp³-hybridized carbons (Fsp3) is 0.158. The first-order valence-electron chi connectivity index (χ1n) is 7.73. The Balaban J connectivity index is 1.83. The van der Waals surface area contributed by atoms with E-state index in [0.717, 1.165) is 5.56 Å². The standard InChI is InChI=1S/C19H17NO5/c1-24-14-7-8-15-16(18(21)22)12-20(17(15)11-14)19(23)25-10-9-13-5-3-2-4-6-13/h2-8,11-12H,9-10H2,1H3,(H,21,22). The monoisotopic (exact) mass is 339 g/mol. The molecule has 1 N–H and O–H groups in total. The zero-order valence-electron chi connectivity index (χ0n) is 13.6. The second-order valence-corrected chi connectivity index (χ2v) is 5.45. The minimum atomic E-state index is -1.11. The predicted molar refractivity (Wildman–Crippen MR) is 92.3 cm³/mol. The molecule has 0 saturated heterocycles. The number of carboxylic acids is 1. The Morgan fingerprint density at radius 1 is 1.12 bits per heavy atom. The Morgan fingerprint density at radius 3 is 2.56 bits per heavy atom. The van der Waals surface area contributed by atoms with E-state index in [0.29, 0.717) is 23.1 Å². The summed E-state index contributed by atoms with van der Waals surface area (Å²) < 4.78 is 11.7. The Kier molecular flexibility index (Phi) is 4.70. The number of aromatic nitrogens is 1. The van der Waals surface area contributed by atoms with Gasteiger partial charge in [-0.05, 0) is 17.7 Å². The van der Waals surface area contributed by atoms with E-state index in [1.165, 1.54) is 17.9 Å². The summed E-state index contributed by atoms with van der Waals surface area (Å²) in [4.78, 5) is 23.8. The average Bonchev–Trinajstić information content (AvgIpc) is 3.01. The molecular weight excluding hydrogens is 322 g/mol. The van der Waals surface area contributed by atoms with Crippen LogP contribution in [0.5, 0.6) is 5.75 Å². The third-order valence-electron chi connectivity index (χ3n) is 3.90. The molecule has 0 amide bonds. The summed E-state index contributed by atoms with van der Waals surface area (Å²) in [5, 5.41) is 9.78. The average molecular weight is 339 g/mol. The van der Waals surface area contributed by atoms with Crippen LogP contribution < -0.4 is 4.74 Å². The first kappa shape index (κ1) is 16.6. The van der Waals surface area contributed by atoms with Gasteiger partial charge in [0.2, 0.25) is 0 Å². The van der Waals surface area contributed by atoms with Gasteiger partial charge in [-0.15, -0.1) is 0 Å². The second kappa shape index (κ2) is 7.09. The van der Waals surface area contributed by atoms with E-state index in [4.69, 9.17) is 9.47 Å². The van der Waals surface area contributed by atoms with Gasteiger partial charge in [-0.1, -0.05) is 30.3 Å². The molecule has 0 bridgehead atoms. The Labute approximate surface area is 144 Å². The van der Waals surface area contributed by atoms with Crippen molar-refractivity contribution in [2.45, 2.75) is 6.42 Å². The van der Waals surface area contributed by atoms with Crippen LogP contribution in [-0.2, 0) is 11.2 Å². The fourth-order valence-corrected chi connectivity index (χ4v) is 2.63. The number of hydrogen-bond donors (Lipinski definition) is 1. The summed E-state index contributed by atoms with van der Waals surface area (Å²) in [6.45, 7) is 0.203. The van der Waals surface area contributed by atoms with Crippen molar-refractivity contribution in [2.75, 3.05) is 13.7 Å². The SMILES string of the molecule is COc1ccc2c(C(=O)O)cn(C(=O)OCCc3ccccc3)c2c1. The van der Waals surface area contributed by atoms with Gasteiger partial charge in [-0.2, -0.15) is 0 Å². The molecule has 0 aliphatic rings. The van der Waals surface area contributed by atoms with Gasteiger partial charge in [-0.25, -0.2) is 9.59 Å². The van der Waals surface area contributed by atoms with Crippen molar-refractivity contribution in [3.05, 3.63) is 65.9 Å². The molecule has 25 heavy (non-hydrogen) atoms. The lowest BCUT2D eigenvalue weighted by Gasteiger charge is -2.07. The van der Waals surface area contributed by atoms with E-state index in [1.54, 1.807) is 18.2 Å². The number of fused-ring (bicyclic) bond motifs is 1. The summed E-state index contributed by atoms with van der Waals surface area (Å²) in [7, 11) is 1.50. The van der Waals surface area contributed by atoms with Crippen LogP contribution in [0.3, 0.4) is 0 Å². The molecule has 2 aromatic carbocycles. The third kappa shape index (κ3) is 3.47. The summed E-state index contributed by atoms with van der Waals surface area (Å²) in [5.41, 5.74) is 1.53. The number of ether oxygens (including phenoxy) is 2. The molecule has 0 radical (unpaired) electrons. The second-order valence-electron chi connectivity index (χ2n) is 5.45. The number of benzene rings is 2. The normalized spacial score (nSPS) is 10.6. The number of carboxylic acid groups (broad SMARTS) is 1. The summed E-state index contributed by atoms with van der Waals surface area (Å²) in [5.74, 6) is -0.577. The van der Waals surface area contributed by atoms with E-state index in [1.807, 2.05) is 30.3 Å². The Hall–Kier alpha value is -3.28. The van der Waals surface area contributed by atoms with Crippen molar-refractivity contribution >= 4 is 23.0 Å². The third-order valence-corrected chi connectivity index (χ3v) is 3.90. The van der Waals surface area contributed by atoms with Crippen LogP contribution in [0.25, 0.3) is 10.9 Å². The van der Waals surface area contributed by atoms with Crippen LogP contribution in [0.1, 0.15) is 15.9 Å². The highest BCUT2D eigenvalue weighted by atomic mass is 16.5. The number of aromatic carboxylic acids is 1. The van der Waals surface area contributed by atoms with Crippen LogP contribution in [0, 0.1) is 0 Å². The molecule has 3 aromatic rings. The summed E-state index contributed by atoms with van der Waals surface area (Å²) in [6, 6.07) is 14.5. The van der Waals surface area contributed by atoms with Gasteiger partial charge in [0, 0.05) is 24.1 Å². The van der Waals surface area contributed by atoms with E-state index in [9.17, 15) is 14.7 Å². The quantitative estimate of drug-likeness (QED) is 0.769. The number of hydrogen-bond acceptors (Lipinski definition) is 4. The van der Waals surface area contributed by atoms with E-state index >= 15 is 0 Å². The smallest absolute Gasteiger partial charge is 0.418 e. The number of rotatable bonds is 5. The molecule has 1 aromatic heterocycles. The minimum Gasteiger partial charge on any atom is -0.497 e. The van der Waals surface area contributed by atoms with Crippen LogP contribution >= 0.6 is 0 Å². The van der Waals surface area contributed by atoms with Gasteiger partial charge < -0.3 is 14.6 Å². The largest absolute Gasteiger partial charge is 0.497 e. The molecular formula is C19H17NO5. The van der Waals surface area contributed by atoms with Crippen molar-refractivity contribution in [1.82, 2.24) is 4.57 Å². The van der Waals surface area contributed by atoms with Crippen molar-refractivity contribution in [3.8, 4) is 5.75 Å². The number of carbonyl (C=O) groups is 2. The highest BCUT2D eigenvalue weighted by molar-refractivity contribution is 6.06. The molecule has 0 spiro atoms. The molecule has 128 valence electrons. The minimum absolute atomic E-state index is 0.0395. The molecule has 6 nitrogen and oxygen atoms in total. The van der Waals surface area contributed by atoms with E-state index in [2.05, 4.69) is 0 Å². The zero-order chi connectivity index (χ0) is 17.8. The first-order valence-corrected chi connectivity index (χ1v) is 7.73. The highest BCUT2D eigenvalue weighted by Gasteiger charge is 2.19. The number of carbonyl (C=O) groups excluding carboxylic acids is 1. The summed E-state index contributed by atoms with van der Waals surface area (Å²) in [6.07, 6.45) is 1.24. The van der Waals surface area contributed by atoms with Gasteiger partial charge in [0.25, 0.3) is 0 Å². The molecule has 6 heteroatoms. The van der Waals surface area contributed by atoms with Crippen LogP contribution in [-0.4, -0.2) is 35.5 Å². The van der Waals surface area contributed by atoms with Crippen molar-refractivity contribution in [1.29, 1.82) is 0 Å². The number of nitrogens with zero attached hydrogens (tertiary/aromatic N) is 1. The van der Waals surface area contributed by atoms with Crippen LogP contribution in [0.15, 0.2) is 54.7 Å². The lowest BCUT2D eigenvalue weighted by Crippen LogP contribution is -2.14. The Bertz CT molecular complexity index is 914. The molecule has 0 fully saturated rings. The highest BCUT2D eigenvalue weighted by Crippen LogP contribution is 2.26. The maximum atomic E-state index is 12.4. The summed E-state index contributed by atoms with van der Waals surface area (Å²) >= 11 is 0. The predicted octanol–water partition coefficient (Wildman–Crippen LogP) is 3.58. The molecule has 0 aliphatic heterocycles. The van der Waals surface area contributed by atoms with E-state index < -0.39 is 12.1 Å².